The van der Waals surface area contributed by atoms with E-state index < -0.39 is 11.9 Å². The van der Waals surface area contributed by atoms with Gasteiger partial charge in [-0.05, 0) is 12.1 Å². The summed E-state index contributed by atoms with van der Waals surface area (Å²) < 4.78 is 37.1. The van der Waals surface area contributed by atoms with Gasteiger partial charge in [0.05, 0.1) is 0 Å². The Morgan fingerprint density at radius 3 is 2.50 bits per heavy atom. The number of hydrogen-bond donors (Lipinski definition) is 2. The van der Waals surface area contributed by atoms with Crippen LogP contribution in [0.3, 0.4) is 0 Å². The van der Waals surface area contributed by atoms with Crippen molar-refractivity contribution in [1.29, 1.82) is 0 Å². The van der Waals surface area contributed by atoms with Crippen molar-refractivity contribution in [2.45, 2.75) is 6.18 Å². The molecule has 0 aromatic carbocycles. The molecule has 16 heavy (non-hydrogen) atoms. The number of nitrogen functional groups attached to an aromatic ring is 1. The van der Waals surface area contributed by atoms with Crippen molar-refractivity contribution in [3.05, 3.63) is 23.9 Å². The summed E-state index contributed by atoms with van der Waals surface area (Å²) in [6.07, 6.45) is -4.48. The lowest BCUT2D eigenvalue weighted by Gasteiger charge is -2.05. The first-order valence-corrected chi connectivity index (χ1v) is 4.19. The van der Waals surface area contributed by atoms with Gasteiger partial charge in [-0.1, -0.05) is 6.07 Å². The van der Waals surface area contributed by atoms with Crippen molar-refractivity contribution in [3.63, 3.8) is 0 Å². The van der Waals surface area contributed by atoms with Gasteiger partial charge in [0.25, 0.3) is 0 Å². The number of nitrogens with zero attached hydrogens (tertiary/aromatic N) is 3. The Labute approximate surface area is 87.5 Å². The van der Waals surface area contributed by atoms with Crippen LogP contribution in [0.1, 0.15) is 5.69 Å². The highest BCUT2D eigenvalue weighted by Crippen LogP contribution is 2.28. The molecule has 5 nitrogen and oxygen atoms in total. The number of rotatable bonds is 1. The number of anilines is 1. The lowest BCUT2D eigenvalue weighted by atomic mass is 10.3. The first kappa shape index (κ1) is 10.4. The van der Waals surface area contributed by atoms with Crippen molar-refractivity contribution in [2.75, 3.05) is 5.73 Å². The molecule has 2 rings (SSSR count). The Balaban J connectivity index is 2.44. The summed E-state index contributed by atoms with van der Waals surface area (Å²) in [4.78, 5) is 7.10. The molecule has 0 unspecified atom stereocenters. The molecule has 0 saturated carbocycles. The quantitative estimate of drug-likeness (QED) is 0.775. The Morgan fingerprint density at radius 2 is 1.94 bits per heavy atom. The number of halogens is 3. The molecule has 2 aromatic heterocycles. The minimum atomic E-state index is -4.48. The molecule has 0 aliphatic carbocycles. The third-order valence-electron chi connectivity index (χ3n) is 1.78. The van der Waals surface area contributed by atoms with Crippen LogP contribution in [0.5, 0.6) is 0 Å². The normalized spacial score (nSPS) is 11.7. The summed E-state index contributed by atoms with van der Waals surface area (Å²) in [7, 11) is 0. The third-order valence-corrected chi connectivity index (χ3v) is 1.78. The van der Waals surface area contributed by atoms with Gasteiger partial charge in [0, 0.05) is 0 Å². The molecule has 2 aromatic rings. The van der Waals surface area contributed by atoms with Gasteiger partial charge in [-0.3, -0.25) is 5.10 Å². The van der Waals surface area contributed by atoms with Crippen molar-refractivity contribution >= 4 is 5.95 Å². The van der Waals surface area contributed by atoms with E-state index in [4.69, 9.17) is 5.73 Å². The number of hydrogen-bond acceptors (Lipinski definition) is 4. The van der Waals surface area contributed by atoms with Gasteiger partial charge in [-0.2, -0.15) is 18.2 Å². The molecule has 8 heteroatoms. The van der Waals surface area contributed by atoms with E-state index in [0.717, 1.165) is 6.07 Å². The van der Waals surface area contributed by atoms with Crippen LogP contribution >= 0.6 is 0 Å². The average molecular weight is 229 g/mol. The van der Waals surface area contributed by atoms with E-state index in [9.17, 15) is 13.2 Å². The van der Waals surface area contributed by atoms with Crippen LogP contribution in [-0.2, 0) is 6.18 Å². The maximum absolute atomic E-state index is 12.4. The summed E-state index contributed by atoms with van der Waals surface area (Å²) in [6.45, 7) is 0. The summed E-state index contributed by atoms with van der Waals surface area (Å²) in [5, 5.41) is 5.89. The minimum absolute atomic E-state index is 0.0408. The first-order chi connectivity index (χ1) is 7.47. The second kappa shape index (κ2) is 3.47. The predicted molar refractivity (Wildman–Crippen MR) is 49.0 cm³/mol. The highest BCUT2D eigenvalue weighted by atomic mass is 19.4. The molecule has 3 N–H and O–H groups in total. The first-order valence-electron chi connectivity index (χ1n) is 4.19. The smallest absolute Gasteiger partial charge is 0.366 e. The van der Waals surface area contributed by atoms with E-state index in [0.29, 0.717) is 0 Å². The predicted octanol–water partition coefficient (Wildman–Crippen LogP) is 1.47. The van der Waals surface area contributed by atoms with E-state index in [1.54, 1.807) is 0 Å². The fourth-order valence-corrected chi connectivity index (χ4v) is 1.11. The van der Waals surface area contributed by atoms with Gasteiger partial charge in [-0.25, -0.2) is 4.98 Å². The molecular formula is C8H6F3N5. The van der Waals surface area contributed by atoms with Crippen molar-refractivity contribution in [2.24, 2.45) is 0 Å². The zero-order valence-corrected chi connectivity index (χ0v) is 7.78. The number of H-pyrrole nitrogens is 1. The van der Waals surface area contributed by atoms with Gasteiger partial charge in [-0.15, -0.1) is 5.10 Å². The van der Waals surface area contributed by atoms with Crippen molar-refractivity contribution in [1.82, 2.24) is 20.2 Å². The Morgan fingerprint density at radius 1 is 1.19 bits per heavy atom. The summed E-state index contributed by atoms with van der Waals surface area (Å²) in [5.41, 5.74) is 4.29. The number of aromatic nitrogens is 4. The lowest BCUT2D eigenvalue weighted by Crippen LogP contribution is -2.08. The number of pyridine rings is 1. The molecule has 0 spiro atoms. The number of aromatic amines is 1. The number of nitrogens with one attached hydrogen (secondary N) is 1. The minimum Gasteiger partial charge on any atom is -0.366 e. The van der Waals surface area contributed by atoms with E-state index in [-0.39, 0.29) is 17.5 Å². The SMILES string of the molecule is Nc1n[nH]c(-c2cccc(C(F)(F)F)n2)n1. The Kier molecular flexibility index (Phi) is 2.26. The molecule has 0 fully saturated rings. The van der Waals surface area contributed by atoms with Gasteiger partial charge in [0.1, 0.15) is 11.4 Å². The van der Waals surface area contributed by atoms with E-state index in [1.807, 2.05) is 0 Å². The van der Waals surface area contributed by atoms with E-state index in [2.05, 4.69) is 20.2 Å². The maximum Gasteiger partial charge on any atom is 0.433 e. The monoisotopic (exact) mass is 229 g/mol. The van der Waals surface area contributed by atoms with Crippen molar-refractivity contribution < 1.29 is 13.2 Å². The summed E-state index contributed by atoms with van der Waals surface area (Å²) >= 11 is 0. The molecule has 0 amide bonds. The fraction of sp³-hybridized carbons (Fsp3) is 0.125. The van der Waals surface area contributed by atoms with E-state index in [1.165, 1.54) is 12.1 Å². The van der Waals surface area contributed by atoms with Crippen molar-refractivity contribution in [3.8, 4) is 11.5 Å². The maximum atomic E-state index is 12.4. The molecule has 0 radical (unpaired) electrons. The van der Waals surface area contributed by atoms with Gasteiger partial charge < -0.3 is 5.73 Å². The molecule has 0 saturated heterocycles. The zero-order chi connectivity index (χ0) is 11.8. The zero-order valence-electron chi connectivity index (χ0n) is 7.78. The van der Waals surface area contributed by atoms with Crippen LogP contribution in [0.15, 0.2) is 18.2 Å². The molecular weight excluding hydrogens is 223 g/mol. The summed E-state index contributed by atoms with van der Waals surface area (Å²) in [6, 6.07) is 3.50. The van der Waals surface area contributed by atoms with Crippen LogP contribution in [0, 0.1) is 0 Å². The van der Waals surface area contributed by atoms with Gasteiger partial charge >= 0.3 is 6.18 Å². The second-order valence-electron chi connectivity index (χ2n) is 2.95. The topological polar surface area (TPSA) is 80.5 Å². The number of nitrogens with two attached hydrogens (primary N) is 1. The largest absolute Gasteiger partial charge is 0.433 e. The Bertz CT molecular complexity index is 504. The molecule has 0 bridgehead atoms. The number of alkyl halides is 3. The van der Waals surface area contributed by atoms with Crippen LogP contribution in [0.25, 0.3) is 11.5 Å². The van der Waals surface area contributed by atoms with Crippen LogP contribution in [0.4, 0.5) is 19.1 Å². The third kappa shape index (κ3) is 1.95. The average Bonchev–Trinajstić information content (AvgIpc) is 2.64. The summed E-state index contributed by atoms with van der Waals surface area (Å²) in [5.74, 6) is 0.0535. The molecule has 84 valence electrons. The van der Waals surface area contributed by atoms with Crippen LogP contribution in [-0.4, -0.2) is 20.2 Å². The molecule has 2 heterocycles. The molecule has 0 aliphatic rings. The highest BCUT2D eigenvalue weighted by molar-refractivity contribution is 5.50. The van der Waals surface area contributed by atoms with E-state index >= 15 is 0 Å². The Hall–Kier alpha value is -2.12. The van der Waals surface area contributed by atoms with Crippen LogP contribution < -0.4 is 5.73 Å². The molecule has 0 atom stereocenters. The van der Waals surface area contributed by atoms with Gasteiger partial charge in [0.2, 0.25) is 5.95 Å². The highest BCUT2D eigenvalue weighted by Gasteiger charge is 2.32. The molecule has 0 aliphatic heterocycles. The standard InChI is InChI=1S/C8H6F3N5/c9-8(10,11)5-3-1-2-4(13-5)6-14-7(12)16-15-6/h1-3H,(H3,12,14,15,16). The van der Waals surface area contributed by atoms with Gasteiger partial charge in [0.15, 0.2) is 5.82 Å². The van der Waals surface area contributed by atoms with Crippen LogP contribution in [0.2, 0.25) is 0 Å². The lowest BCUT2D eigenvalue weighted by molar-refractivity contribution is -0.141. The second-order valence-corrected chi connectivity index (χ2v) is 2.95. The fourth-order valence-electron chi connectivity index (χ4n) is 1.11.